The molecule has 0 atom stereocenters. The second-order valence-electron chi connectivity index (χ2n) is 3.96. The van der Waals surface area contributed by atoms with Gasteiger partial charge >= 0.3 is 6.03 Å². The van der Waals surface area contributed by atoms with Gasteiger partial charge in [-0.2, -0.15) is 0 Å². The van der Waals surface area contributed by atoms with E-state index in [2.05, 4.69) is 5.32 Å². The van der Waals surface area contributed by atoms with Gasteiger partial charge < -0.3 is 16.0 Å². The lowest BCUT2D eigenvalue weighted by atomic mass is 10.1. The Hall–Kier alpha value is -2.04. The largest absolute Gasteiger partial charge is 0.351 e. The van der Waals surface area contributed by atoms with E-state index in [0.29, 0.717) is 6.54 Å². The Labute approximate surface area is 101 Å². The number of nitrogens with two attached hydrogens (primary N) is 1. The summed E-state index contributed by atoms with van der Waals surface area (Å²) in [5.41, 5.74) is 7.21. The van der Waals surface area contributed by atoms with Gasteiger partial charge in [0.25, 0.3) is 0 Å². The quantitative estimate of drug-likeness (QED) is 0.802. The van der Waals surface area contributed by atoms with Crippen LogP contribution in [-0.2, 0) is 11.3 Å². The first-order chi connectivity index (χ1) is 7.99. The van der Waals surface area contributed by atoms with Crippen LogP contribution in [-0.4, -0.2) is 30.4 Å². The Bertz CT molecular complexity index is 401. The van der Waals surface area contributed by atoms with Crippen molar-refractivity contribution in [3.8, 4) is 0 Å². The summed E-state index contributed by atoms with van der Waals surface area (Å²) in [5, 5.41) is 2.72. The van der Waals surface area contributed by atoms with E-state index in [1.54, 1.807) is 0 Å². The monoisotopic (exact) mass is 235 g/mol. The third-order valence-corrected chi connectivity index (χ3v) is 2.37. The number of urea groups is 1. The van der Waals surface area contributed by atoms with E-state index in [-0.39, 0.29) is 12.5 Å². The highest BCUT2D eigenvalue weighted by Crippen LogP contribution is 2.02. The Morgan fingerprint density at radius 2 is 1.88 bits per heavy atom. The predicted octanol–water partition coefficient (Wildman–Crippen LogP) is 0.622. The summed E-state index contributed by atoms with van der Waals surface area (Å²) in [6.07, 6.45) is 0. The second-order valence-corrected chi connectivity index (χ2v) is 3.96. The summed E-state index contributed by atoms with van der Waals surface area (Å²) >= 11 is 0. The molecule has 0 spiro atoms. The Morgan fingerprint density at radius 1 is 1.29 bits per heavy atom. The van der Waals surface area contributed by atoms with Crippen molar-refractivity contribution in [2.24, 2.45) is 5.73 Å². The summed E-state index contributed by atoms with van der Waals surface area (Å²) in [6, 6.07) is 7.25. The lowest BCUT2D eigenvalue weighted by molar-refractivity contribution is -0.121. The first kappa shape index (κ1) is 13.0. The minimum Gasteiger partial charge on any atom is -0.351 e. The number of benzene rings is 1. The summed E-state index contributed by atoms with van der Waals surface area (Å²) in [5.74, 6) is -0.230. The SMILES string of the molecule is Cc1ccc(CNC(=O)CN(C)C(N)=O)cc1. The van der Waals surface area contributed by atoms with Crippen molar-refractivity contribution in [3.05, 3.63) is 35.4 Å². The number of nitrogens with one attached hydrogen (secondary N) is 1. The van der Waals surface area contributed by atoms with Gasteiger partial charge in [-0.1, -0.05) is 29.8 Å². The second kappa shape index (κ2) is 5.89. The van der Waals surface area contributed by atoms with Gasteiger partial charge in [-0.15, -0.1) is 0 Å². The third-order valence-electron chi connectivity index (χ3n) is 2.37. The fraction of sp³-hybridized carbons (Fsp3) is 0.333. The van der Waals surface area contributed by atoms with E-state index in [1.165, 1.54) is 12.6 Å². The zero-order chi connectivity index (χ0) is 12.8. The molecule has 0 aromatic heterocycles. The molecule has 0 saturated carbocycles. The van der Waals surface area contributed by atoms with E-state index in [1.807, 2.05) is 31.2 Å². The van der Waals surface area contributed by atoms with Crippen LogP contribution in [0.5, 0.6) is 0 Å². The number of hydrogen-bond donors (Lipinski definition) is 2. The minimum atomic E-state index is -0.615. The molecule has 3 amide bonds. The molecule has 5 heteroatoms. The highest BCUT2D eigenvalue weighted by atomic mass is 16.2. The van der Waals surface area contributed by atoms with E-state index in [0.717, 1.165) is 10.5 Å². The summed E-state index contributed by atoms with van der Waals surface area (Å²) < 4.78 is 0. The summed E-state index contributed by atoms with van der Waals surface area (Å²) in [6.45, 7) is 2.43. The Balaban J connectivity index is 2.38. The highest BCUT2D eigenvalue weighted by molar-refractivity contribution is 5.83. The molecule has 17 heavy (non-hydrogen) atoms. The molecule has 0 bridgehead atoms. The third kappa shape index (κ3) is 4.55. The van der Waals surface area contributed by atoms with Crippen molar-refractivity contribution < 1.29 is 9.59 Å². The molecule has 0 aliphatic heterocycles. The normalized spacial score (nSPS) is 9.76. The van der Waals surface area contributed by atoms with Gasteiger partial charge in [0.1, 0.15) is 6.54 Å². The van der Waals surface area contributed by atoms with Crippen molar-refractivity contribution in [1.82, 2.24) is 10.2 Å². The minimum absolute atomic E-state index is 0.0266. The molecular weight excluding hydrogens is 218 g/mol. The molecular formula is C12H17N3O2. The fourth-order valence-corrected chi connectivity index (χ4v) is 1.26. The zero-order valence-electron chi connectivity index (χ0n) is 10.1. The topological polar surface area (TPSA) is 75.4 Å². The van der Waals surface area contributed by atoms with Gasteiger partial charge in [0.2, 0.25) is 5.91 Å². The summed E-state index contributed by atoms with van der Waals surface area (Å²) in [4.78, 5) is 23.3. The molecule has 92 valence electrons. The number of carbonyl (C=O) groups is 2. The molecule has 5 nitrogen and oxygen atoms in total. The maximum Gasteiger partial charge on any atom is 0.314 e. The van der Waals surface area contributed by atoms with Gasteiger partial charge in [-0.3, -0.25) is 4.79 Å². The molecule has 0 heterocycles. The van der Waals surface area contributed by atoms with Crippen LogP contribution < -0.4 is 11.1 Å². The molecule has 0 saturated heterocycles. The predicted molar refractivity (Wildman–Crippen MR) is 65.2 cm³/mol. The number of hydrogen-bond acceptors (Lipinski definition) is 2. The van der Waals surface area contributed by atoms with Gasteiger partial charge in [-0.25, -0.2) is 4.79 Å². The number of likely N-dealkylation sites (N-methyl/N-ethyl adjacent to an activating group) is 1. The van der Waals surface area contributed by atoms with Crippen LogP contribution >= 0.6 is 0 Å². The van der Waals surface area contributed by atoms with Crippen LogP contribution in [0, 0.1) is 6.92 Å². The van der Waals surface area contributed by atoms with Gasteiger partial charge in [-0.05, 0) is 12.5 Å². The maximum absolute atomic E-state index is 11.4. The molecule has 0 radical (unpaired) electrons. The molecule has 0 aliphatic rings. The highest BCUT2D eigenvalue weighted by Gasteiger charge is 2.08. The van der Waals surface area contributed by atoms with E-state index in [4.69, 9.17) is 5.73 Å². The van der Waals surface area contributed by atoms with Crippen molar-refractivity contribution in [2.75, 3.05) is 13.6 Å². The van der Waals surface area contributed by atoms with Crippen molar-refractivity contribution in [3.63, 3.8) is 0 Å². The van der Waals surface area contributed by atoms with Crippen LogP contribution in [0.25, 0.3) is 0 Å². The zero-order valence-corrected chi connectivity index (χ0v) is 10.1. The number of rotatable bonds is 4. The van der Waals surface area contributed by atoms with Crippen LogP contribution in [0.2, 0.25) is 0 Å². The van der Waals surface area contributed by atoms with Crippen LogP contribution in [0.15, 0.2) is 24.3 Å². The van der Waals surface area contributed by atoms with Gasteiger partial charge in [0.15, 0.2) is 0 Å². The van der Waals surface area contributed by atoms with E-state index >= 15 is 0 Å². The number of nitrogens with zero attached hydrogens (tertiary/aromatic N) is 1. The Kier molecular flexibility index (Phi) is 4.51. The van der Waals surface area contributed by atoms with Gasteiger partial charge in [0.05, 0.1) is 0 Å². The lowest BCUT2D eigenvalue weighted by Crippen LogP contribution is -2.40. The maximum atomic E-state index is 11.4. The standard InChI is InChI=1S/C12H17N3O2/c1-9-3-5-10(6-4-9)7-14-11(16)8-15(2)12(13)17/h3-6H,7-8H2,1-2H3,(H2,13,17)(H,14,16). The number of aryl methyl sites for hydroxylation is 1. The Morgan fingerprint density at radius 3 is 2.41 bits per heavy atom. The smallest absolute Gasteiger partial charge is 0.314 e. The number of primary amides is 1. The van der Waals surface area contributed by atoms with Crippen molar-refractivity contribution in [1.29, 1.82) is 0 Å². The molecule has 1 rings (SSSR count). The molecule has 0 unspecified atom stereocenters. The average Bonchev–Trinajstić information content (AvgIpc) is 2.28. The molecule has 0 fully saturated rings. The summed E-state index contributed by atoms with van der Waals surface area (Å²) in [7, 11) is 1.48. The average molecular weight is 235 g/mol. The first-order valence-electron chi connectivity index (χ1n) is 5.32. The molecule has 1 aromatic rings. The van der Waals surface area contributed by atoms with Crippen LogP contribution in [0.1, 0.15) is 11.1 Å². The van der Waals surface area contributed by atoms with Gasteiger partial charge in [0, 0.05) is 13.6 Å². The fourth-order valence-electron chi connectivity index (χ4n) is 1.26. The van der Waals surface area contributed by atoms with Crippen LogP contribution in [0.4, 0.5) is 4.79 Å². The first-order valence-corrected chi connectivity index (χ1v) is 5.32. The van der Waals surface area contributed by atoms with Crippen LogP contribution in [0.3, 0.4) is 0 Å². The molecule has 0 aliphatic carbocycles. The lowest BCUT2D eigenvalue weighted by Gasteiger charge is -2.13. The number of carbonyl (C=O) groups excluding carboxylic acids is 2. The van der Waals surface area contributed by atoms with Crippen molar-refractivity contribution in [2.45, 2.75) is 13.5 Å². The van der Waals surface area contributed by atoms with E-state index < -0.39 is 6.03 Å². The number of amides is 3. The van der Waals surface area contributed by atoms with Crippen molar-refractivity contribution >= 4 is 11.9 Å². The molecule has 3 N–H and O–H groups in total. The molecule has 1 aromatic carbocycles. The van der Waals surface area contributed by atoms with E-state index in [9.17, 15) is 9.59 Å².